The number of rotatable bonds is 12. The Kier molecular flexibility index (Phi) is 12.6. The number of hydrogen-bond acceptors (Lipinski definition) is 7. The van der Waals surface area contributed by atoms with E-state index in [2.05, 4.69) is 25.9 Å². The lowest BCUT2D eigenvalue weighted by atomic mass is 10.0. The molecule has 2 rings (SSSR count). The third-order valence-corrected chi connectivity index (χ3v) is 6.45. The summed E-state index contributed by atoms with van der Waals surface area (Å²) in [6.07, 6.45) is -10.1. The van der Waals surface area contributed by atoms with Gasteiger partial charge in [-0.05, 0) is 69.4 Å². The van der Waals surface area contributed by atoms with Gasteiger partial charge in [0.25, 0.3) is 5.96 Å². The van der Waals surface area contributed by atoms with E-state index in [9.17, 15) is 26.3 Å². The molecule has 0 aliphatic carbocycles. The summed E-state index contributed by atoms with van der Waals surface area (Å²) in [6.45, 7) is 15.7. The summed E-state index contributed by atoms with van der Waals surface area (Å²) in [7, 11) is 1.67. The smallest absolute Gasteiger partial charge is 0.373 e. The zero-order valence-corrected chi connectivity index (χ0v) is 27.8. The molecule has 0 atom stereocenters. The molecule has 15 heteroatoms. The molecule has 0 fully saturated rings. The van der Waals surface area contributed by atoms with E-state index in [1.165, 1.54) is 4.90 Å². The van der Waals surface area contributed by atoms with Gasteiger partial charge in [-0.25, -0.2) is 10.5 Å². The Morgan fingerprint density at radius 1 is 0.891 bits per heavy atom. The lowest BCUT2D eigenvalue weighted by molar-refractivity contribution is -0.143. The first-order chi connectivity index (χ1) is 21.0. The Balaban J connectivity index is 2.89. The predicted molar refractivity (Wildman–Crippen MR) is 169 cm³/mol. The van der Waals surface area contributed by atoms with Crippen LogP contribution in [0.5, 0.6) is 0 Å². The van der Waals surface area contributed by atoms with Crippen LogP contribution in [0.25, 0.3) is 0 Å². The Bertz CT molecular complexity index is 1350. The molecule has 0 radical (unpaired) electrons. The Hall–Kier alpha value is -3.91. The van der Waals surface area contributed by atoms with Gasteiger partial charge >= 0.3 is 12.4 Å². The Morgan fingerprint density at radius 3 is 1.80 bits per heavy atom. The number of benzene rings is 1. The highest BCUT2D eigenvalue weighted by molar-refractivity contribution is 6.01. The van der Waals surface area contributed by atoms with Gasteiger partial charge < -0.3 is 26.0 Å². The van der Waals surface area contributed by atoms with Gasteiger partial charge in [-0.15, -0.1) is 10.2 Å². The molecule has 0 saturated heterocycles. The van der Waals surface area contributed by atoms with Crippen LogP contribution in [-0.2, 0) is 25.4 Å². The summed E-state index contributed by atoms with van der Waals surface area (Å²) < 4.78 is 82.4. The molecule has 46 heavy (non-hydrogen) atoms. The van der Waals surface area contributed by atoms with Gasteiger partial charge in [0.05, 0.1) is 11.1 Å². The summed E-state index contributed by atoms with van der Waals surface area (Å²) >= 11 is 0. The molecule has 1 aromatic carbocycles. The highest BCUT2D eigenvalue weighted by Gasteiger charge is 2.37. The van der Waals surface area contributed by atoms with Crippen molar-refractivity contribution in [2.45, 2.75) is 86.4 Å². The van der Waals surface area contributed by atoms with Gasteiger partial charge in [-0.3, -0.25) is 0 Å². The standard InChI is InChI=1S/C31H45F6N9/c1-18(2)14-45(15-19(3)4)27-22(12-25(20(5)38)26(40-9)41-27)17-46(28(42-39)43-44-29(6,7)8)16-21-10-23(30(32,33)34)13-24(11-21)31(35,36)37/h10-13,18-19,38-39,44H,14-17H2,1-9H3,(H,40,41)/b38-20?,42-39?,43-28+. The summed E-state index contributed by atoms with van der Waals surface area (Å²) in [5.74, 6) is 1.13. The van der Waals surface area contributed by atoms with Crippen LogP contribution in [-0.4, -0.2) is 47.2 Å². The fourth-order valence-corrected chi connectivity index (χ4v) is 4.66. The van der Waals surface area contributed by atoms with Crippen molar-refractivity contribution >= 4 is 23.3 Å². The van der Waals surface area contributed by atoms with E-state index in [-0.39, 0.29) is 41.7 Å². The van der Waals surface area contributed by atoms with Crippen molar-refractivity contribution in [3.63, 3.8) is 0 Å². The van der Waals surface area contributed by atoms with E-state index in [1.54, 1.807) is 40.8 Å². The second kappa shape index (κ2) is 15.1. The zero-order chi connectivity index (χ0) is 35.2. The molecule has 0 amide bonds. The fraction of sp³-hybridized carbons (Fsp3) is 0.581. The number of pyridine rings is 1. The average Bonchev–Trinajstić information content (AvgIpc) is 2.90. The number of halogens is 6. The largest absolute Gasteiger partial charge is 0.416 e. The summed E-state index contributed by atoms with van der Waals surface area (Å²) in [5.41, 5.74) is 8.10. The lowest BCUT2D eigenvalue weighted by Crippen LogP contribution is -2.37. The molecule has 256 valence electrons. The number of hydrogen-bond donors (Lipinski definition) is 4. The van der Waals surface area contributed by atoms with Crippen LogP contribution in [0.2, 0.25) is 0 Å². The number of guanidine groups is 1. The van der Waals surface area contributed by atoms with Crippen LogP contribution in [0.4, 0.5) is 38.0 Å². The van der Waals surface area contributed by atoms with Crippen molar-refractivity contribution in [2.24, 2.45) is 22.1 Å². The number of nitrogens with one attached hydrogen (secondary N) is 4. The maximum atomic E-state index is 13.7. The monoisotopic (exact) mass is 657 g/mol. The van der Waals surface area contributed by atoms with Crippen molar-refractivity contribution in [1.29, 1.82) is 10.9 Å². The fourth-order valence-electron chi connectivity index (χ4n) is 4.66. The number of nitrogens with zero attached hydrogens (tertiary/aromatic N) is 5. The van der Waals surface area contributed by atoms with Crippen molar-refractivity contribution in [2.75, 3.05) is 30.4 Å². The third kappa shape index (κ3) is 11.2. The molecular weight excluding hydrogens is 612 g/mol. The first-order valence-electron chi connectivity index (χ1n) is 14.8. The van der Waals surface area contributed by atoms with Crippen LogP contribution in [0.1, 0.15) is 83.2 Å². The van der Waals surface area contributed by atoms with E-state index in [0.29, 0.717) is 48.0 Å². The molecule has 1 heterocycles. The van der Waals surface area contributed by atoms with Crippen molar-refractivity contribution < 1.29 is 26.3 Å². The average molecular weight is 658 g/mol. The van der Waals surface area contributed by atoms with E-state index in [4.69, 9.17) is 15.9 Å². The molecule has 0 spiro atoms. The number of aromatic nitrogens is 1. The van der Waals surface area contributed by atoms with Crippen LogP contribution >= 0.6 is 0 Å². The van der Waals surface area contributed by atoms with Crippen molar-refractivity contribution in [3.05, 3.63) is 52.1 Å². The van der Waals surface area contributed by atoms with Gasteiger partial charge in [0.1, 0.15) is 11.6 Å². The van der Waals surface area contributed by atoms with Crippen LogP contribution in [0.15, 0.2) is 34.5 Å². The van der Waals surface area contributed by atoms with Crippen LogP contribution in [0, 0.1) is 22.8 Å². The molecular formula is C31H45F6N9. The molecule has 0 aliphatic heterocycles. The molecule has 4 N–H and O–H groups in total. The van der Waals surface area contributed by atoms with E-state index < -0.39 is 35.6 Å². The molecule has 1 aromatic heterocycles. The lowest BCUT2D eigenvalue weighted by Gasteiger charge is -2.32. The van der Waals surface area contributed by atoms with Gasteiger partial charge in [-0.1, -0.05) is 27.7 Å². The Labute approximate surface area is 266 Å². The first kappa shape index (κ1) is 38.3. The minimum atomic E-state index is -5.03. The summed E-state index contributed by atoms with van der Waals surface area (Å²) in [6, 6.07) is 3.11. The predicted octanol–water partition coefficient (Wildman–Crippen LogP) is 8.36. The van der Waals surface area contributed by atoms with Gasteiger partial charge in [0.2, 0.25) is 0 Å². The van der Waals surface area contributed by atoms with Gasteiger partial charge in [0.15, 0.2) is 0 Å². The molecule has 0 bridgehead atoms. The normalized spacial score (nSPS) is 12.8. The highest BCUT2D eigenvalue weighted by Crippen LogP contribution is 2.37. The number of hydrazone groups is 1. The maximum absolute atomic E-state index is 13.7. The highest BCUT2D eigenvalue weighted by atomic mass is 19.4. The topological polar surface area (TPSA) is 116 Å². The van der Waals surface area contributed by atoms with Crippen LogP contribution in [0.3, 0.4) is 0 Å². The van der Waals surface area contributed by atoms with Crippen LogP contribution < -0.4 is 15.6 Å². The SMILES string of the molecule is CNc1nc(N(CC(C)C)CC(C)C)c(CN(Cc2cc(C(F)(F)F)cc(C(F)(F)F)c2)/C(N=N)=N/NC(C)(C)C)cc1C(C)=N. The molecule has 9 nitrogen and oxygen atoms in total. The number of alkyl halides is 6. The van der Waals surface area contributed by atoms with Crippen molar-refractivity contribution in [3.8, 4) is 0 Å². The molecule has 0 aliphatic rings. The summed E-state index contributed by atoms with van der Waals surface area (Å²) in [5, 5.41) is 19.1. The van der Waals surface area contributed by atoms with Gasteiger partial charge in [0, 0.05) is 55.6 Å². The molecule has 0 saturated carbocycles. The molecule has 0 unspecified atom stereocenters. The zero-order valence-electron chi connectivity index (χ0n) is 27.8. The second-order valence-corrected chi connectivity index (χ2v) is 13.1. The minimum absolute atomic E-state index is 0.0756. The minimum Gasteiger partial charge on any atom is -0.373 e. The maximum Gasteiger partial charge on any atom is 0.416 e. The van der Waals surface area contributed by atoms with E-state index in [0.717, 1.165) is 0 Å². The number of anilines is 2. The van der Waals surface area contributed by atoms with E-state index >= 15 is 0 Å². The summed E-state index contributed by atoms with van der Waals surface area (Å²) in [4.78, 5) is 8.26. The third-order valence-electron chi connectivity index (χ3n) is 6.45. The quantitative estimate of drug-likeness (QED) is 0.0602. The Morgan fingerprint density at radius 2 is 1.41 bits per heavy atom. The van der Waals surface area contributed by atoms with E-state index in [1.807, 2.05) is 27.7 Å². The van der Waals surface area contributed by atoms with Gasteiger partial charge in [-0.2, -0.15) is 26.3 Å². The molecule has 2 aromatic rings. The first-order valence-corrected chi connectivity index (χ1v) is 14.8. The van der Waals surface area contributed by atoms with Crippen molar-refractivity contribution in [1.82, 2.24) is 15.3 Å². The second-order valence-electron chi connectivity index (χ2n) is 13.1.